The van der Waals surface area contributed by atoms with E-state index in [-0.39, 0.29) is 17.1 Å². The van der Waals surface area contributed by atoms with Gasteiger partial charge < -0.3 is 10.6 Å². The molecule has 1 aliphatic heterocycles. The number of halogens is 1. The first-order chi connectivity index (χ1) is 8.62. The molecular formula is C14H19FN2O. The molecule has 0 aromatic heterocycles. The van der Waals surface area contributed by atoms with Gasteiger partial charge in [-0.2, -0.15) is 0 Å². The zero-order valence-corrected chi connectivity index (χ0v) is 10.6. The second-order valence-electron chi connectivity index (χ2n) is 5.08. The summed E-state index contributed by atoms with van der Waals surface area (Å²) in [6, 6.07) is 6.67. The maximum atomic E-state index is 13.4. The zero-order valence-electron chi connectivity index (χ0n) is 10.6. The largest absolute Gasteiger partial charge is 0.355 e. The molecule has 1 aliphatic rings. The molecule has 0 radical (unpaired) electrons. The first-order valence-electron chi connectivity index (χ1n) is 6.34. The zero-order chi connectivity index (χ0) is 13.0. The second-order valence-corrected chi connectivity index (χ2v) is 5.08. The van der Waals surface area contributed by atoms with Crippen LogP contribution < -0.4 is 10.6 Å². The van der Waals surface area contributed by atoms with Crippen molar-refractivity contribution in [2.24, 2.45) is 5.41 Å². The van der Waals surface area contributed by atoms with Crippen molar-refractivity contribution in [1.82, 2.24) is 10.6 Å². The Bertz CT molecular complexity index is 428. The molecule has 98 valence electrons. The lowest BCUT2D eigenvalue weighted by molar-refractivity contribution is -0.129. The lowest BCUT2D eigenvalue weighted by Gasteiger charge is -2.21. The number of carbonyl (C=O) groups excluding carboxylic acids is 1. The highest BCUT2D eigenvalue weighted by molar-refractivity contribution is 5.82. The minimum absolute atomic E-state index is 0.0591. The third kappa shape index (κ3) is 2.88. The van der Waals surface area contributed by atoms with Gasteiger partial charge in [-0.25, -0.2) is 4.39 Å². The summed E-state index contributed by atoms with van der Waals surface area (Å²) >= 11 is 0. The Balaban J connectivity index is 1.82. The molecule has 1 fully saturated rings. The fourth-order valence-electron chi connectivity index (χ4n) is 2.24. The molecule has 2 N–H and O–H groups in total. The number of carbonyl (C=O) groups is 1. The molecule has 0 aliphatic carbocycles. The van der Waals surface area contributed by atoms with Gasteiger partial charge in [-0.15, -0.1) is 0 Å². The van der Waals surface area contributed by atoms with Crippen molar-refractivity contribution in [3.8, 4) is 0 Å². The second kappa shape index (κ2) is 5.48. The van der Waals surface area contributed by atoms with Gasteiger partial charge in [-0.05, 0) is 37.9 Å². The Hall–Kier alpha value is -1.42. The predicted molar refractivity (Wildman–Crippen MR) is 68.7 cm³/mol. The van der Waals surface area contributed by atoms with Crippen molar-refractivity contribution in [2.45, 2.75) is 19.8 Å². The molecule has 3 nitrogen and oxygen atoms in total. The quantitative estimate of drug-likeness (QED) is 0.850. The molecule has 1 aromatic rings. The van der Waals surface area contributed by atoms with Crippen LogP contribution in [-0.2, 0) is 11.2 Å². The number of hydrogen-bond acceptors (Lipinski definition) is 2. The van der Waals surface area contributed by atoms with Gasteiger partial charge in [0.2, 0.25) is 5.91 Å². The fourth-order valence-corrected chi connectivity index (χ4v) is 2.24. The van der Waals surface area contributed by atoms with Crippen LogP contribution in [-0.4, -0.2) is 25.5 Å². The minimum atomic E-state index is -0.310. The summed E-state index contributed by atoms with van der Waals surface area (Å²) in [6.07, 6.45) is 1.39. The molecule has 1 amide bonds. The van der Waals surface area contributed by atoms with Crippen molar-refractivity contribution in [3.05, 3.63) is 35.6 Å². The third-order valence-electron chi connectivity index (χ3n) is 3.55. The first kappa shape index (κ1) is 13.0. The number of benzene rings is 1. The van der Waals surface area contributed by atoms with Crippen molar-refractivity contribution in [3.63, 3.8) is 0 Å². The van der Waals surface area contributed by atoms with E-state index in [1.165, 1.54) is 6.07 Å². The predicted octanol–water partition coefficient (Wildman–Crippen LogP) is 1.48. The summed E-state index contributed by atoms with van der Waals surface area (Å²) in [5.41, 5.74) is 0.336. The molecule has 1 saturated heterocycles. The van der Waals surface area contributed by atoms with Crippen molar-refractivity contribution < 1.29 is 9.18 Å². The Morgan fingerprint density at radius 2 is 2.28 bits per heavy atom. The summed E-state index contributed by atoms with van der Waals surface area (Å²) in [6.45, 7) is 4.05. The van der Waals surface area contributed by atoms with Crippen molar-refractivity contribution >= 4 is 5.91 Å². The Morgan fingerprint density at radius 3 is 2.94 bits per heavy atom. The highest BCUT2D eigenvalue weighted by atomic mass is 19.1. The Labute approximate surface area is 107 Å². The van der Waals surface area contributed by atoms with E-state index in [2.05, 4.69) is 10.6 Å². The number of amides is 1. The Morgan fingerprint density at radius 1 is 1.50 bits per heavy atom. The summed E-state index contributed by atoms with van der Waals surface area (Å²) in [4.78, 5) is 12.0. The third-order valence-corrected chi connectivity index (χ3v) is 3.55. The van der Waals surface area contributed by atoms with E-state index in [0.29, 0.717) is 18.5 Å². The highest BCUT2D eigenvalue weighted by Crippen LogP contribution is 2.24. The number of hydrogen-bond donors (Lipinski definition) is 2. The molecule has 0 bridgehead atoms. The molecular weight excluding hydrogens is 231 g/mol. The molecule has 18 heavy (non-hydrogen) atoms. The average Bonchev–Trinajstić information content (AvgIpc) is 2.80. The molecule has 0 saturated carbocycles. The van der Waals surface area contributed by atoms with Crippen LogP contribution in [0.15, 0.2) is 24.3 Å². The monoisotopic (exact) mass is 250 g/mol. The number of rotatable bonds is 4. The van der Waals surface area contributed by atoms with Gasteiger partial charge in [0.1, 0.15) is 5.82 Å². The van der Waals surface area contributed by atoms with Gasteiger partial charge in [-0.1, -0.05) is 18.2 Å². The normalized spacial score (nSPS) is 23.0. The van der Waals surface area contributed by atoms with Crippen LogP contribution in [0.5, 0.6) is 0 Å². The van der Waals surface area contributed by atoms with Crippen molar-refractivity contribution in [2.75, 3.05) is 19.6 Å². The first-order valence-corrected chi connectivity index (χ1v) is 6.34. The van der Waals surface area contributed by atoms with Gasteiger partial charge in [0, 0.05) is 13.1 Å². The SMILES string of the molecule is CC1(C(=O)NCCc2ccccc2F)CCNC1. The van der Waals surface area contributed by atoms with E-state index >= 15 is 0 Å². The molecule has 4 heteroatoms. The van der Waals surface area contributed by atoms with Gasteiger partial charge in [0.05, 0.1) is 5.41 Å². The average molecular weight is 250 g/mol. The lowest BCUT2D eigenvalue weighted by Crippen LogP contribution is -2.41. The lowest BCUT2D eigenvalue weighted by atomic mass is 9.89. The highest BCUT2D eigenvalue weighted by Gasteiger charge is 2.35. The van der Waals surface area contributed by atoms with Crippen LogP contribution in [0.1, 0.15) is 18.9 Å². The molecule has 0 spiro atoms. The van der Waals surface area contributed by atoms with Crippen LogP contribution in [0.4, 0.5) is 4.39 Å². The fraction of sp³-hybridized carbons (Fsp3) is 0.500. The minimum Gasteiger partial charge on any atom is -0.355 e. The smallest absolute Gasteiger partial charge is 0.227 e. The standard InChI is InChI=1S/C14H19FN2O/c1-14(7-9-16-10-14)13(18)17-8-6-11-4-2-3-5-12(11)15/h2-5,16H,6-10H2,1H3,(H,17,18). The van der Waals surface area contributed by atoms with E-state index in [1.54, 1.807) is 12.1 Å². The van der Waals surface area contributed by atoms with E-state index < -0.39 is 0 Å². The van der Waals surface area contributed by atoms with Gasteiger partial charge in [-0.3, -0.25) is 4.79 Å². The van der Waals surface area contributed by atoms with Crippen LogP contribution >= 0.6 is 0 Å². The summed E-state index contributed by atoms with van der Waals surface area (Å²) in [5, 5.41) is 6.09. The molecule has 1 heterocycles. The Kier molecular flexibility index (Phi) is 3.97. The van der Waals surface area contributed by atoms with Gasteiger partial charge >= 0.3 is 0 Å². The summed E-state index contributed by atoms with van der Waals surface area (Å²) < 4.78 is 13.4. The summed E-state index contributed by atoms with van der Waals surface area (Å²) in [5.74, 6) is -0.149. The number of nitrogens with one attached hydrogen (secondary N) is 2. The van der Waals surface area contributed by atoms with E-state index in [1.807, 2.05) is 13.0 Å². The van der Waals surface area contributed by atoms with Crippen LogP contribution in [0.3, 0.4) is 0 Å². The topological polar surface area (TPSA) is 41.1 Å². The van der Waals surface area contributed by atoms with Crippen LogP contribution in [0.2, 0.25) is 0 Å². The molecule has 1 unspecified atom stereocenters. The van der Waals surface area contributed by atoms with Crippen molar-refractivity contribution in [1.29, 1.82) is 0 Å². The maximum absolute atomic E-state index is 13.4. The maximum Gasteiger partial charge on any atom is 0.227 e. The van der Waals surface area contributed by atoms with E-state index in [9.17, 15) is 9.18 Å². The van der Waals surface area contributed by atoms with E-state index in [0.717, 1.165) is 19.5 Å². The van der Waals surface area contributed by atoms with Gasteiger partial charge in [0.25, 0.3) is 0 Å². The van der Waals surface area contributed by atoms with Crippen LogP contribution in [0.25, 0.3) is 0 Å². The van der Waals surface area contributed by atoms with Gasteiger partial charge in [0.15, 0.2) is 0 Å². The summed E-state index contributed by atoms with van der Waals surface area (Å²) in [7, 11) is 0. The molecule has 1 atom stereocenters. The molecule has 2 rings (SSSR count). The molecule has 1 aromatic carbocycles. The van der Waals surface area contributed by atoms with E-state index in [4.69, 9.17) is 0 Å². The van der Waals surface area contributed by atoms with Crippen LogP contribution in [0, 0.1) is 11.2 Å².